The molecule has 0 radical (unpaired) electrons. The Labute approximate surface area is 733 Å². The molecule has 21 nitrogen and oxygen atoms in total. The number of phosphoric ester groups is 2. The standard InChI is InChI=1S/C87H172N4O17P2.2Na.2H/c1-7-13-19-25-30-35-37-42-45-51-57-63-83(92)90-79(75-101-71-67-81(61-55-49-24-18-12-6)107-85(94)65-59-53-47-40-33-28-22-16-10-4)77-105-109(97,98)103-73-69-88-87(96)89-70-74-104-110(99,100)106-78-80(91-84(93)64-58-52-46-43-38-36-31-26-20-14-8-2)76-102-72-68-82(62-56-50-44-39-32-27-21-15-9-3)108-86(95)66-60-54-48-41-34-29-23-17-11-5;;;;/h79-82H,7-78H2,1-6H3,(H,90,92)(H,91,93)(H,97,98)(H,99,100)(H2,88,89,96);;;;/q;2*+1;2*-1/t79-,80+,81-,82-;;;;/m1..../s1. The predicted octanol–water partition coefficient (Wildman–Crippen LogP) is 17.9. The van der Waals surface area contributed by atoms with Crippen LogP contribution in [-0.2, 0) is 65.4 Å². The van der Waals surface area contributed by atoms with Gasteiger partial charge >= 0.3 is 92.7 Å². The van der Waals surface area contributed by atoms with Crippen LogP contribution in [0.2, 0.25) is 0 Å². The summed E-state index contributed by atoms with van der Waals surface area (Å²) in [5.41, 5.74) is 0. The van der Waals surface area contributed by atoms with E-state index in [9.17, 15) is 42.9 Å². The average molecular weight is 1660 g/mol. The number of hydrogen-bond donors (Lipinski definition) is 6. The number of carbonyl (C=O) groups excluding carboxylic acids is 5. The molecule has 0 aromatic rings. The quantitative estimate of drug-likeness (QED) is 0.0143. The van der Waals surface area contributed by atoms with E-state index in [2.05, 4.69) is 62.8 Å². The second kappa shape index (κ2) is 88.1. The zero-order valence-electron chi connectivity index (χ0n) is 75.6. The van der Waals surface area contributed by atoms with Gasteiger partial charge in [-0.15, -0.1) is 0 Å². The zero-order valence-corrected chi connectivity index (χ0v) is 79.4. The fraction of sp³-hybridized carbons (Fsp3) is 0.943. The minimum atomic E-state index is -4.71. The second-order valence-corrected chi connectivity index (χ2v) is 34.3. The first-order valence-corrected chi connectivity index (χ1v) is 48.9. The molecule has 0 rings (SSSR count). The summed E-state index contributed by atoms with van der Waals surface area (Å²) in [6, 6.07) is -2.32. The van der Waals surface area contributed by atoms with Crippen LogP contribution in [0.25, 0.3) is 0 Å². The number of hydrogen-bond acceptors (Lipinski definition) is 15. The summed E-state index contributed by atoms with van der Waals surface area (Å²) in [6.07, 6.45) is 65.2. The maximum atomic E-state index is 13.4. The Balaban J connectivity index is -0.00000990. The Bertz CT molecular complexity index is 2200. The van der Waals surface area contributed by atoms with Crippen LogP contribution < -0.4 is 80.4 Å². The van der Waals surface area contributed by atoms with Crippen molar-refractivity contribution in [3.05, 3.63) is 0 Å². The van der Waals surface area contributed by atoms with Crippen LogP contribution >= 0.6 is 15.6 Å². The van der Waals surface area contributed by atoms with Crippen molar-refractivity contribution in [1.29, 1.82) is 0 Å². The van der Waals surface area contributed by atoms with Gasteiger partial charge in [0.15, 0.2) is 0 Å². The van der Waals surface area contributed by atoms with E-state index in [1.54, 1.807) is 0 Å². The van der Waals surface area contributed by atoms with Crippen molar-refractivity contribution in [1.82, 2.24) is 21.3 Å². The van der Waals surface area contributed by atoms with Gasteiger partial charge in [-0.3, -0.25) is 37.3 Å². The average Bonchev–Trinajstić information content (AvgIpc) is 0.914. The molecule has 0 heterocycles. The van der Waals surface area contributed by atoms with Gasteiger partial charge < -0.3 is 52.9 Å². The molecule has 0 aliphatic rings. The first-order chi connectivity index (χ1) is 53.5. The van der Waals surface area contributed by atoms with Crippen molar-refractivity contribution in [2.45, 2.75) is 464 Å². The molecule has 2 unspecified atom stereocenters. The van der Waals surface area contributed by atoms with E-state index in [0.717, 1.165) is 141 Å². The number of carbonyl (C=O) groups is 5. The first-order valence-electron chi connectivity index (χ1n) is 45.9. The Morgan fingerprint density at radius 1 is 0.295 bits per heavy atom. The molecule has 0 aliphatic carbocycles. The molecule has 0 aliphatic heterocycles. The predicted molar refractivity (Wildman–Crippen MR) is 453 cm³/mol. The van der Waals surface area contributed by atoms with E-state index in [1.165, 1.54) is 205 Å². The molecule has 656 valence electrons. The molecule has 0 aromatic heterocycles. The number of phosphoric acid groups is 2. The summed E-state index contributed by atoms with van der Waals surface area (Å²) >= 11 is 0. The van der Waals surface area contributed by atoms with E-state index in [1.807, 2.05) is 0 Å². The first kappa shape index (κ1) is 115. The maximum absolute atomic E-state index is 13.4. The third-order valence-electron chi connectivity index (χ3n) is 20.5. The summed E-state index contributed by atoms with van der Waals surface area (Å²) in [5, 5.41) is 10.9. The van der Waals surface area contributed by atoms with Gasteiger partial charge in [-0.2, -0.15) is 0 Å². The monoisotopic (exact) mass is 1660 g/mol. The summed E-state index contributed by atoms with van der Waals surface area (Å²) in [6.45, 7) is 11.6. The van der Waals surface area contributed by atoms with Gasteiger partial charge in [-0.1, -0.05) is 350 Å². The number of ether oxygens (including phenoxy) is 4. The van der Waals surface area contributed by atoms with Crippen LogP contribution in [0.15, 0.2) is 0 Å². The number of unbranched alkanes of at least 4 members (excludes halogenated alkanes) is 48. The molecule has 112 heavy (non-hydrogen) atoms. The van der Waals surface area contributed by atoms with Crippen molar-refractivity contribution in [3.63, 3.8) is 0 Å². The van der Waals surface area contributed by atoms with Crippen molar-refractivity contribution >= 4 is 45.4 Å². The molecule has 0 spiro atoms. The van der Waals surface area contributed by atoms with Crippen LogP contribution in [0, 0.1) is 0 Å². The third kappa shape index (κ3) is 84.3. The van der Waals surface area contributed by atoms with Crippen molar-refractivity contribution in [3.8, 4) is 0 Å². The van der Waals surface area contributed by atoms with Gasteiger partial charge in [0.05, 0.1) is 64.9 Å². The van der Waals surface area contributed by atoms with Gasteiger partial charge in [-0.05, 0) is 51.4 Å². The molecule has 0 aromatic carbocycles. The summed E-state index contributed by atoms with van der Waals surface area (Å²) in [5.74, 6) is -0.835. The van der Waals surface area contributed by atoms with Gasteiger partial charge in [0, 0.05) is 51.6 Å². The fourth-order valence-corrected chi connectivity index (χ4v) is 15.2. The summed E-state index contributed by atoms with van der Waals surface area (Å²) in [7, 11) is -9.42. The minimum Gasteiger partial charge on any atom is -1.00 e. The molecule has 0 bridgehead atoms. The van der Waals surface area contributed by atoms with Crippen molar-refractivity contribution in [2.24, 2.45) is 0 Å². The molecule has 0 saturated heterocycles. The number of urea groups is 1. The van der Waals surface area contributed by atoms with Gasteiger partial charge in [0.2, 0.25) is 11.8 Å². The van der Waals surface area contributed by atoms with E-state index in [4.69, 9.17) is 37.0 Å². The summed E-state index contributed by atoms with van der Waals surface area (Å²) in [4.78, 5) is 87.2. The molecule has 4 amide bonds. The van der Waals surface area contributed by atoms with E-state index in [0.29, 0.717) is 38.5 Å². The van der Waals surface area contributed by atoms with Crippen LogP contribution in [0.1, 0.15) is 442 Å². The molecular formula is C87H174N4Na2O17P2. The molecule has 0 saturated carbocycles. The Morgan fingerprint density at radius 2 is 0.527 bits per heavy atom. The molecule has 25 heteroatoms. The number of esters is 2. The van der Waals surface area contributed by atoms with Gasteiger partial charge in [0.25, 0.3) is 0 Å². The Morgan fingerprint density at radius 3 is 0.786 bits per heavy atom. The molecule has 6 atom stereocenters. The van der Waals surface area contributed by atoms with Gasteiger partial charge in [-0.25, -0.2) is 13.9 Å². The smallest absolute Gasteiger partial charge is 1.00 e. The second-order valence-electron chi connectivity index (χ2n) is 31.4. The normalized spacial score (nSPS) is 13.6. The van der Waals surface area contributed by atoms with Crippen molar-refractivity contribution in [2.75, 3.05) is 65.9 Å². The maximum Gasteiger partial charge on any atom is 1.00 e. The zero-order chi connectivity index (χ0) is 80.6. The van der Waals surface area contributed by atoms with Crippen LogP contribution in [0.3, 0.4) is 0 Å². The number of rotatable bonds is 88. The minimum absolute atomic E-state index is 0. The summed E-state index contributed by atoms with van der Waals surface area (Å²) < 4.78 is 72.0. The van der Waals surface area contributed by atoms with E-state index >= 15 is 0 Å². The topological polar surface area (TPSA) is 282 Å². The Kier molecular flexibility index (Phi) is 90.8. The van der Waals surface area contributed by atoms with Crippen LogP contribution in [0.5, 0.6) is 0 Å². The fourth-order valence-electron chi connectivity index (χ4n) is 13.6. The van der Waals surface area contributed by atoms with Crippen molar-refractivity contribution < 1.29 is 142 Å². The molecular weight excluding hydrogens is 1480 g/mol. The van der Waals surface area contributed by atoms with E-state index in [-0.39, 0.29) is 150 Å². The molecule has 6 N–H and O–H groups in total. The van der Waals surface area contributed by atoms with Crippen LogP contribution in [-0.4, -0.2) is 130 Å². The van der Waals surface area contributed by atoms with Gasteiger partial charge in [0.1, 0.15) is 12.2 Å². The Hall–Kier alpha value is -0.710. The number of amides is 4. The third-order valence-corrected chi connectivity index (χ3v) is 22.5. The largest absolute Gasteiger partial charge is 1.00 e. The SMILES string of the molecule is CCCCCCCCCCCCCC(=O)N[C@H](COCC[C@@H](CCCCCCC)OC(=O)CCCCCCCCCCC)COP(=O)(O)OCCNC(=O)NCCOP(=O)(O)OC[C@H](COCC[C@@H](CCCCCCCCCCC)OC(=O)CCCCCCCCCCC)NC(=O)CCCCCCCCCCCCC.[H-].[H-].[Na+].[Na+]. The van der Waals surface area contributed by atoms with Crippen LogP contribution in [0.4, 0.5) is 4.79 Å². The molecule has 0 fully saturated rings. The number of nitrogens with one attached hydrogen (secondary N) is 4. The van der Waals surface area contributed by atoms with E-state index < -0.39 is 60.2 Å².